The van der Waals surface area contributed by atoms with Crippen molar-refractivity contribution in [3.8, 4) is 28.7 Å². The Bertz CT molecular complexity index is 1310. The van der Waals surface area contributed by atoms with Gasteiger partial charge in [0.05, 0.1) is 0 Å². The molecule has 1 fully saturated rings. The highest BCUT2D eigenvalue weighted by atomic mass is 19.4. The van der Waals surface area contributed by atoms with Crippen LogP contribution in [0.15, 0.2) is 40.9 Å². The molecule has 0 atom stereocenters. The van der Waals surface area contributed by atoms with Gasteiger partial charge in [0, 0.05) is 23.2 Å². The van der Waals surface area contributed by atoms with E-state index in [-0.39, 0.29) is 35.6 Å². The van der Waals surface area contributed by atoms with E-state index in [4.69, 9.17) is 15.0 Å². The van der Waals surface area contributed by atoms with Crippen LogP contribution in [0.3, 0.4) is 0 Å². The third-order valence-corrected chi connectivity index (χ3v) is 4.87. The van der Waals surface area contributed by atoms with Crippen molar-refractivity contribution in [2.45, 2.75) is 24.9 Å². The van der Waals surface area contributed by atoms with E-state index < -0.39 is 17.8 Å². The van der Waals surface area contributed by atoms with E-state index in [0.717, 1.165) is 23.4 Å². The highest BCUT2D eigenvalue weighted by Gasteiger charge is 2.37. The summed E-state index contributed by atoms with van der Waals surface area (Å²) in [7, 11) is 0. The summed E-state index contributed by atoms with van der Waals surface area (Å²) >= 11 is 0. The average molecular weight is 444 g/mol. The quantitative estimate of drug-likeness (QED) is 0.485. The highest BCUT2D eigenvalue weighted by Crippen LogP contribution is 2.41. The lowest BCUT2D eigenvalue weighted by Gasteiger charge is -2.10. The van der Waals surface area contributed by atoms with E-state index in [9.17, 15) is 18.0 Å². The number of rotatable bonds is 6. The van der Waals surface area contributed by atoms with Gasteiger partial charge in [-0.25, -0.2) is 9.50 Å². The number of benzene rings is 1. The minimum atomic E-state index is -4.59. The van der Waals surface area contributed by atoms with Gasteiger partial charge >= 0.3 is 6.18 Å². The van der Waals surface area contributed by atoms with Crippen LogP contribution in [0.4, 0.5) is 13.2 Å². The smallest absolute Gasteiger partial charge is 0.433 e. The Kier molecular flexibility index (Phi) is 4.57. The molecule has 0 unspecified atom stereocenters. The first-order valence-electron chi connectivity index (χ1n) is 9.61. The zero-order chi connectivity index (χ0) is 22.5. The molecule has 12 heteroatoms. The van der Waals surface area contributed by atoms with Crippen LogP contribution in [0, 0.1) is 0 Å². The third-order valence-electron chi connectivity index (χ3n) is 4.87. The van der Waals surface area contributed by atoms with E-state index in [1.165, 1.54) is 6.07 Å². The van der Waals surface area contributed by atoms with Crippen molar-refractivity contribution in [2.24, 2.45) is 5.73 Å². The number of carbonyl (C=O) groups excluding carboxylic acids is 1. The number of nitrogens with two attached hydrogens (primary N) is 1. The van der Waals surface area contributed by atoms with Crippen LogP contribution < -0.4 is 10.5 Å². The van der Waals surface area contributed by atoms with E-state index >= 15 is 0 Å². The summed E-state index contributed by atoms with van der Waals surface area (Å²) in [5.74, 6) is 0.0387. The Balaban J connectivity index is 1.46. The second-order valence-corrected chi connectivity index (χ2v) is 7.34. The molecule has 2 N–H and O–H groups in total. The lowest BCUT2D eigenvalue weighted by molar-refractivity contribution is -0.142. The summed E-state index contributed by atoms with van der Waals surface area (Å²) in [4.78, 5) is 19.3. The molecule has 0 radical (unpaired) electrons. The molecule has 0 saturated heterocycles. The van der Waals surface area contributed by atoms with Crippen molar-refractivity contribution in [3.63, 3.8) is 0 Å². The molecule has 4 aromatic rings. The Morgan fingerprint density at radius 1 is 1.19 bits per heavy atom. The second-order valence-electron chi connectivity index (χ2n) is 7.34. The summed E-state index contributed by atoms with van der Waals surface area (Å²) in [6, 6.07) is 8.90. The van der Waals surface area contributed by atoms with Crippen LogP contribution in [0.5, 0.6) is 5.75 Å². The van der Waals surface area contributed by atoms with Gasteiger partial charge in [0.15, 0.2) is 17.9 Å². The molecule has 0 aliphatic heterocycles. The van der Waals surface area contributed by atoms with Crippen LogP contribution in [-0.2, 0) is 11.0 Å². The normalized spacial score (nSPS) is 14.1. The van der Waals surface area contributed by atoms with Gasteiger partial charge in [0.25, 0.3) is 11.8 Å². The maximum atomic E-state index is 13.6. The first-order valence-corrected chi connectivity index (χ1v) is 9.61. The molecular weight excluding hydrogens is 429 g/mol. The van der Waals surface area contributed by atoms with Crippen molar-refractivity contribution in [1.82, 2.24) is 24.7 Å². The fourth-order valence-electron chi connectivity index (χ4n) is 3.19. The number of amides is 1. The van der Waals surface area contributed by atoms with Crippen molar-refractivity contribution in [1.29, 1.82) is 0 Å². The third kappa shape index (κ3) is 3.86. The molecule has 1 aliphatic rings. The Hall–Kier alpha value is -3.96. The van der Waals surface area contributed by atoms with Crippen LogP contribution in [-0.4, -0.2) is 37.3 Å². The molecule has 9 nitrogen and oxygen atoms in total. The number of fused-ring (bicyclic) bond motifs is 1. The van der Waals surface area contributed by atoms with Crippen LogP contribution in [0.1, 0.15) is 30.1 Å². The van der Waals surface area contributed by atoms with Crippen LogP contribution >= 0.6 is 0 Å². The topological polar surface area (TPSA) is 121 Å². The van der Waals surface area contributed by atoms with E-state index in [1.54, 1.807) is 24.3 Å². The van der Waals surface area contributed by atoms with E-state index in [1.807, 2.05) is 0 Å². The van der Waals surface area contributed by atoms with Gasteiger partial charge < -0.3 is 15.0 Å². The Morgan fingerprint density at radius 3 is 2.59 bits per heavy atom. The molecule has 5 rings (SSSR count). The summed E-state index contributed by atoms with van der Waals surface area (Å²) in [6.45, 7) is -0.254. The highest BCUT2D eigenvalue weighted by molar-refractivity contribution is 5.75. The summed E-state index contributed by atoms with van der Waals surface area (Å²) < 4.78 is 51.9. The number of halogens is 3. The van der Waals surface area contributed by atoms with Gasteiger partial charge in [-0.3, -0.25) is 4.79 Å². The first-order chi connectivity index (χ1) is 15.3. The number of carbonyl (C=O) groups is 1. The number of hydrogen-bond acceptors (Lipinski definition) is 7. The molecule has 32 heavy (non-hydrogen) atoms. The number of ether oxygens (including phenoxy) is 1. The SMILES string of the molecule is NC(=O)COc1ccc(-c2noc(-c3cc4nc(C5CC5)cc(C(F)(F)F)n4n3)n2)cc1. The Morgan fingerprint density at radius 2 is 1.94 bits per heavy atom. The van der Waals surface area contributed by atoms with Crippen LogP contribution in [0.2, 0.25) is 0 Å². The van der Waals surface area contributed by atoms with E-state index in [2.05, 4.69) is 20.2 Å². The second kappa shape index (κ2) is 7.32. The minimum absolute atomic E-state index is 0.0411. The molecule has 0 spiro atoms. The lowest BCUT2D eigenvalue weighted by Crippen LogP contribution is -2.19. The average Bonchev–Trinajstić information content (AvgIpc) is 3.32. The number of primary amides is 1. The van der Waals surface area contributed by atoms with E-state index in [0.29, 0.717) is 17.0 Å². The largest absolute Gasteiger partial charge is 0.484 e. The molecule has 164 valence electrons. The molecule has 1 saturated carbocycles. The fourth-order valence-corrected chi connectivity index (χ4v) is 3.19. The van der Waals surface area contributed by atoms with Crippen molar-refractivity contribution >= 4 is 11.6 Å². The minimum Gasteiger partial charge on any atom is -0.484 e. The maximum absolute atomic E-state index is 13.6. The maximum Gasteiger partial charge on any atom is 0.433 e. The number of aromatic nitrogens is 5. The fraction of sp³-hybridized carbons (Fsp3) is 0.250. The number of alkyl halides is 3. The van der Waals surface area contributed by atoms with Gasteiger partial charge in [0.2, 0.25) is 5.82 Å². The van der Waals surface area contributed by atoms with Gasteiger partial charge in [0.1, 0.15) is 11.4 Å². The summed E-state index contributed by atoms with van der Waals surface area (Å²) in [5.41, 5.74) is 5.25. The Labute approximate surface area is 178 Å². The molecule has 3 heterocycles. The first kappa shape index (κ1) is 20.0. The van der Waals surface area contributed by atoms with Crippen LogP contribution in [0.25, 0.3) is 28.6 Å². The van der Waals surface area contributed by atoms with Crippen molar-refractivity contribution in [3.05, 3.63) is 47.8 Å². The number of hydrogen-bond donors (Lipinski definition) is 1. The summed E-state index contributed by atoms with van der Waals surface area (Å²) in [6.07, 6.45) is -2.95. The van der Waals surface area contributed by atoms with Gasteiger partial charge in [-0.1, -0.05) is 5.16 Å². The van der Waals surface area contributed by atoms with Gasteiger partial charge in [-0.15, -0.1) is 0 Å². The zero-order valence-corrected chi connectivity index (χ0v) is 16.3. The number of nitrogens with zero attached hydrogens (tertiary/aromatic N) is 5. The predicted molar refractivity (Wildman–Crippen MR) is 103 cm³/mol. The monoisotopic (exact) mass is 444 g/mol. The molecular formula is C20H15F3N6O3. The molecule has 1 amide bonds. The summed E-state index contributed by atoms with van der Waals surface area (Å²) in [5, 5.41) is 7.88. The van der Waals surface area contributed by atoms with Gasteiger partial charge in [-0.05, 0) is 43.2 Å². The molecule has 1 aromatic carbocycles. The predicted octanol–water partition coefficient (Wildman–Crippen LogP) is 3.21. The van der Waals surface area contributed by atoms with Crippen molar-refractivity contribution < 1.29 is 27.2 Å². The van der Waals surface area contributed by atoms with Gasteiger partial charge in [-0.2, -0.15) is 23.3 Å². The molecule has 1 aliphatic carbocycles. The molecule has 3 aromatic heterocycles. The molecule has 0 bridgehead atoms. The standard InChI is InChI=1S/C20H15F3N6O3/c21-20(22,23)15-7-13(10-1-2-10)25-17-8-14(27-29(15)17)19-26-18(28-32-19)11-3-5-12(6-4-11)31-9-16(24)30/h3-8,10H,1-2,9H2,(H2,24,30). The zero-order valence-electron chi connectivity index (χ0n) is 16.3. The van der Waals surface area contributed by atoms with Crippen molar-refractivity contribution in [2.75, 3.05) is 6.61 Å². The lowest BCUT2D eigenvalue weighted by atomic mass is 10.2.